The Morgan fingerprint density at radius 3 is 2.57 bits per heavy atom. The number of nitro benzene ring substituents is 1. The lowest BCUT2D eigenvalue weighted by Gasteiger charge is -2.11. The van der Waals surface area contributed by atoms with Crippen LogP contribution in [0.3, 0.4) is 0 Å². The lowest BCUT2D eigenvalue weighted by Crippen LogP contribution is -2.24. The number of hydrogen-bond donors (Lipinski definition) is 1. The second-order valence-electron chi connectivity index (χ2n) is 6.34. The van der Waals surface area contributed by atoms with E-state index in [-0.39, 0.29) is 6.61 Å². The van der Waals surface area contributed by atoms with Crippen molar-refractivity contribution in [3.63, 3.8) is 0 Å². The van der Waals surface area contributed by atoms with E-state index in [1.165, 1.54) is 12.3 Å². The number of benzene rings is 3. The zero-order valence-corrected chi connectivity index (χ0v) is 15.9. The van der Waals surface area contributed by atoms with Gasteiger partial charge < -0.3 is 9.84 Å². The van der Waals surface area contributed by atoms with Crippen LogP contribution < -0.4 is 15.3 Å². The van der Waals surface area contributed by atoms with Crippen molar-refractivity contribution in [1.82, 2.24) is 5.43 Å². The molecule has 3 rings (SSSR count). The van der Waals surface area contributed by atoms with Crippen LogP contribution in [0.25, 0.3) is 0 Å². The molecule has 0 radical (unpaired) electrons. The second kappa shape index (κ2) is 9.83. The predicted octanol–water partition coefficient (Wildman–Crippen LogP) is 2.79. The summed E-state index contributed by atoms with van der Waals surface area (Å²) in [4.78, 5) is 22.0. The molecule has 1 N–H and O–H groups in total. The highest BCUT2D eigenvalue weighted by Gasteiger charge is 2.08. The summed E-state index contributed by atoms with van der Waals surface area (Å²) < 4.78 is 5.62. The van der Waals surface area contributed by atoms with E-state index in [0.29, 0.717) is 17.7 Å². The van der Waals surface area contributed by atoms with Gasteiger partial charge in [0.15, 0.2) is 6.61 Å². The van der Waals surface area contributed by atoms with Gasteiger partial charge in [-0.2, -0.15) is 5.10 Å². The first-order valence-corrected chi connectivity index (χ1v) is 9.05. The van der Waals surface area contributed by atoms with Crippen molar-refractivity contribution in [1.29, 1.82) is 0 Å². The maximum Gasteiger partial charge on any atom is 0.277 e. The number of nitrogens with one attached hydrogen (secondary N) is 1. The van der Waals surface area contributed by atoms with Crippen molar-refractivity contribution < 1.29 is 19.6 Å². The number of carbonyl (C=O) groups excluding carboxylic acids is 1. The van der Waals surface area contributed by atoms with Crippen molar-refractivity contribution in [3.8, 4) is 11.5 Å². The van der Waals surface area contributed by atoms with E-state index in [2.05, 4.69) is 10.5 Å². The average Bonchev–Trinajstić information content (AvgIpc) is 2.75. The van der Waals surface area contributed by atoms with Crippen LogP contribution in [0.2, 0.25) is 0 Å². The van der Waals surface area contributed by atoms with Crippen LogP contribution in [0, 0.1) is 10.1 Å². The summed E-state index contributed by atoms with van der Waals surface area (Å²) in [6.45, 7) is -0.247. The average molecular weight is 404 g/mol. The number of para-hydroxylation sites is 1. The molecule has 3 aromatic carbocycles. The zero-order valence-electron chi connectivity index (χ0n) is 15.9. The second-order valence-corrected chi connectivity index (χ2v) is 6.34. The van der Waals surface area contributed by atoms with Crippen LogP contribution in [0.1, 0.15) is 16.7 Å². The fraction of sp³-hybridized carbons (Fsp3) is 0.0909. The van der Waals surface area contributed by atoms with E-state index >= 15 is 0 Å². The number of carbonyl (C=O) groups is 1. The Labute approximate surface area is 172 Å². The largest absolute Gasteiger partial charge is 0.868 e. The van der Waals surface area contributed by atoms with Gasteiger partial charge in [0.1, 0.15) is 5.75 Å². The highest BCUT2D eigenvalue weighted by atomic mass is 16.6. The summed E-state index contributed by atoms with van der Waals surface area (Å²) in [6.07, 6.45) is 1.89. The van der Waals surface area contributed by atoms with E-state index in [0.717, 1.165) is 23.3 Å². The topological polar surface area (TPSA) is 117 Å². The Morgan fingerprint density at radius 1 is 1.07 bits per heavy atom. The van der Waals surface area contributed by atoms with Crippen molar-refractivity contribution in [2.75, 3.05) is 6.61 Å². The molecule has 0 saturated carbocycles. The van der Waals surface area contributed by atoms with Crippen LogP contribution in [0.15, 0.2) is 77.9 Å². The summed E-state index contributed by atoms with van der Waals surface area (Å²) in [5.41, 5.74) is 4.13. The van der Waals surface area contributed by atoms with Crippen LogP contribution >= 0.6 is 0 Å². The molecule has 0 bridgehead atoms. The summed E-state index contributed by atoms with van der Waals surface area (Å²) in [7, 11) is 0. The number of hydrogen-bond acceptors (Lipinski definition) is 6. The lowest BCUT2D eigenvalue weighted by atomic mass is 10.0. The Hall–Kier alpha value is -4.20. The maximum atomic E-state index is 12.0. The Bertz CT molecular complexity index is 1070. The fourth-order valence-corrected chi connectivity index (χ4v) is 2.72. The minimum absolute atomic E-state index is 0.247. The van der Waals surface area contributed by atoms with Crippen LogP contribution in [0.5, 0.6) is 11.5 Å². The van der Waals surface area contributed by atoms with Gasteiger partial charge in [-0.25, -0.2) is 5.43 Å². The van der Waals surface area contributed by atoms with E-state index in [9.17, 15) is 20.0 Å². The molecule has 0 heterocycles. The van der Waals surface area contributed by atoms with Crippen molar-refractivity contribution in [2.45, 2.75) is 6.42 Å². The molecular weight excluding hydrogens is 386 g/mol. The number of hydrazone groups is 1. The molecule has 8 nitrogen and oxygen atoms in total. The molecule has 0 fully saturated rings. The van der Waals surface area contributed by atoms with Gasteiger partial charge in [-0.15, -0.1) is 0 Å². The molecule has 0 aliphatic carbocycles. The first kappa shape index (κ1) is 20.5. The molecule has 0 spiro atoms. The number of nitro groups is 1. The molecule has 152 valence electrons. The summed E-state index contributed by atoms with van der Waals surface area (Å²) in [5, 5.41) is 25.9. The van der Waals surface area contributed by atoms with Crippen LogP contribution in [-0.4, -0.2) is 23.7 Å². The van der Waals surface area contributed by atoms with Crippen molar-refractivity contribution in [3.05, 3.63) is 99.6 Å². The van der Waals surface area contributed by atoms with E-state index < -0.39 is 22.3 Å². The highest BCUT2D eigenvalue weighted by molar-refractivity contribution is 5.84. The predicted molar refractivity (Wildman–Crippen MR) is 109 cm³/mol. The molecule has 3 aromatic rings. The first-order chi connectivity index (χ1) is 14.5. The Balaban J connectivity index is 1.56. The molecule has 0 aromatic heterocycles. The third-order valence-corrected chi connectivity index (χ3v) is 4.15. The monoisotopic (exact) mass is 404 g/mol. The minimum atomic E-state index is -0.765. The first-order valence-electron chi connectivity index (χ1n) is 9.05. The van der Waals surface area contributed by atoms with E-state index in [1.807, 2.05) is 48.5 Å². The van der Waals surface area contributed by atoms with Gasteiger partial charge in [-0.05, 0) is 22.9 Å². The standard InChI is InChI=1S/C22H19N3O5/c26-20-11-10-17(13-19(20)25(28)29)14-23-24-22(27)15-30-21-9-5-4-8-18(21)12-16-6-2-1-3-7-16/h1-11,13-14,26H,12,15H2,(H,24,27)/p-1/b23-14-. The summed E-state index contributed by atoms with van der Waals surface area (Å²) >= 11 is 0. The molecule has 0 aliphatic heterocycles. The Morgan fingerprint density at radius 2 is 1.80 bits per heavy atom. The molecule has 8 heteroatoms. The minimum Gasteiger partial charge on any atom is -0.868 e. The molecule has 0 saturated heterocycles. The number of rotatable bonds is 8. The summed E-state index contributed by atoms with van der Waals surface area (Å²) in [6, 6.07) is 20.9. The molecule has 0 aliphatic rings. The molecule has 0 unspecified atom stereocenters. The SMILES string of the molecule is O=C(COc1ccccc1Cc1ccccc1)N/N=C\c1ccc([O-])c([N+](=O)[O-])c1. The van der Waals surface area contributed by atoms with Gasteiger partial charge >= 0.3 is 0 Å². The third kappa shape index (κ3) is 5.65. The fourth-order valence-electron chi connectivity index (χ4n) is 2.72. The molecule has 30 heavy (non-hydrogen) atoms. The van der Waals surface area contributed by atoms with E-state index in [1.54, 1.807) is 6.07 Å². The van der Waals surface area contributed by atoms with Crippen LogP contribution in [-0.2, 0) is 11.2 Å². The number of ether oxygens (including phenoxy) is 1. The quantitative estimate of drug-likeness (QED) is 0.352. The molecule has 1 amide bonds. The summed E-state index contributed by atoms with van der Waals surface area (Å²) in [5.74, 6) is -0.582. The number of amides is 1. The zero-order chi connectivity index (χ0) is 21.3. The molecular formula is C22H18N3O5-. The normalized spacial score (nSPS) is 10.7. The van der Waals surface area contributed by atoms with Gasteiger partial charge in [0, 0.05) is 18.1 Å². The third-order valence-electron chi connectivity index (χ3n) is 4.15. The maximum absolute atomic E-state index is 12.0. The van der Waals surface area contributed by atoms with Crippen LogP contribution in [0.4, 0.5) is 5.69 Å². The lowest BCUT2D eigenvalue weighted by molar-refractivity contribution is -0.398. The van der Waals surface area contributed by atoms with Gasteiger partial charge in [0.25, 0.3) is 11.6 Å². The molecule has 0 atom stereocenters. The van der Waals surface area contributed by atoms with Crippen molar-refractivity contribution >= 4 is 17.8 Å². The van der Waals surface area contributed by atoms with E-state index in [4.69, 9.17) is 4.74 Å². The van der Waals surface area contributed by atoms with Gasteiger partial charge in [-0.1, -0.05) is 60.7 Å². The van der Waals surface area contributed by atoms with Gasteiger partial charge in [0.05, 0.1) is 11.1 Å². The Kier molecular flexibility index (Phi) is 6.73. The van der Waals surface area contributed by atoms with Gasteiger partial charge in [0.2, 0.25) is 0 Å². The van der Waals surface area contributed by atoms with Crippen molar-refractivity contribution in [2.24, 2.45) is 5.10 Å². The van der Waals surface area contributed by atoms with Gasteiger partial charge in [-0.3, -0.25) is 14.9 Å². The smallest absolute Gasteiger partial charge is 0.277 e. The highest BCUT2D eigenvalue weighted by Crippen LogP contribution is 2.23. The number of nitrogens with zero attached hydrogens (tertiary/aromatic N) is 2.